The lowest BCUT2D eigenvalue weighted by Crippen LogP contribution is -2.15. The first kappa shape index (κ1) is 18.0. The molecule has 1 aliphatic heterocycles. The van der Waals surface area contributed by atoms with Crippen molar-refractivity contribution < 1.29 is 4.74 Å². The molecule has 0 fully saturated rings. The van der Waals surface area contributed by atoms with Gasteiger partial charge in [0.25, 0.3) is 0 Å². The van der Waals surface area contributed by atoms with Gasteiger partial charge in [-0.05, 0) is 84.5 Å². The average Bonchev–Trinajstić information content (AvgIpc) is 3.20. The van der Waals surface area contributed by atoms with Gasteiger partial charge in [0.1, 0.15) is 0 Å². The second-order valence-corrected chi connectivity index (χ2v) is 8.42. The molecule has 150 valence electrons. The van der Waals surface area contributed by atoms with Crippen LogP contribution in [0.4, 0.5) is 17.1 Å². The van der Waals surface area contributed by atoms with E-state index in [1.807, 2.05) is 24.3 Å². The van der Waals surface area contributed by atoms with Crippen molar-refractivity contribution in [3.05, 3.63) is 113 Å². The van der Waals surface area contributed by atoms with Crippen LogP contribution >= 0.6 is 0 Å². The fourth-order valence-corrected chi connectivity index (χ4v) is 4.80. The Morgan fingerprint density at radius 3 is 2.16 bits per heavy atom. The third kappa shape index (κ3) is 2.95. The van der Waals surface area contributed by atoms with E-state index in [1.165, 1.54) is 33.4 Å². The van der Waals surface area contributed by atoms with Crippen molar-refractivity contribution in [1.29, 1.82) is 0 Å². The molecule has 4 aromatic carbocycles. The molecule has 0 aromatic heterocycles. The molecule has 0 N–H and O–H groups in total. The zero-order valence-electron chi connectivity index (χ0n) is 17.7. The standard InChI is InChI=1S/C29H23NO/c1-19-11-14-25(20(2)15-19)23-16-21-12-13-24(18-22(21)17-23)30-26-7-3-5-9-28(26)31-29-10-6-4-8-27(29)30/h3-16,18H,17H2,1-2H3. The smallest absolute Gasteiger partial charge is 0.151 e. The van der Waals surface area contributed by atoms with Crippen LogP contribution in [0.3, 0.4) is 0 Å². The number of hydrogen-bond donors (Lipinski definition) is 0. The quantitative estimate of drug-likeness (QED) is 0.297. The Balaban J connectivity index is 1.42. The number of anilines is 3. The van der Waals surface area contributed by atoms with E-state index in [2.05, 4.69) is 85.5 Å². The molecule has 4 aromatic rings. The van der Waals surface area contributed by atoms with E-state index in [0.29, 0.717) is 0 Å². The van der Waals surface area contributed by atoms with Crippen LogP contribution in [0.25, 0.3) is 11.6 Å². The molecule has 0 amide bonds. The fourth-order valence-electron chi connectivity index (χ4n) is 4.80. The Kier molecular flexibility index (Phi) is 4.00. The Morgan fingerprint density at radius 2 is 1.45 bits per heavy atom. The van der Waals surface area contributed by atoms with Gasteiger partial charge < -0.3 is 9.64 Å². The summed E-state index contributed by atoms with van der Waals surface area (Å²) in [6, 6.07) is 30.0. The average molecular weight is 402 g/mol. The van der Waals surface area contributed by atoms with Crippen molar-refractivity contribution in [3.8, 4) is 11.5 Å². The molecule has 6 rings (SSSR count). The molecule has 0 atom stereocenters. The van der Waals surface area contributed by atoms with Gasteiger partial charge in [0.15, 0.2) is 11.5 Å². The van der Waals surface area contributed by atoms with Crippen molar-refractivity contribution in [2.24, 2.45) is 0 Å². The van der Waals surface area contributed by atoms with E-state index in [1.54, 1.807) is 0 Å². The number of ether oxygens (including phenoxy) is 1. The second-order valence-electron chi connectivity index (χ2n) is 8.42. The summed E-state index contributed by atoms with van der Waals surface area (Å²) in [4.78, 5) is 2.31. The lowest BCUT2D eigenvalue weighted by molar-refractivity contribution is 0.477. The highest BCUT2D eigenvalue weighted by Crippen LogP contribution is 2.50. The predicted octanol–water partition coefficient (Wildman–Crippen LogP) is 7.98. The van der Waals surface area contributed by atoms with E-state index < -0.39 is 0 Å². The zero-order chi connectivity index (χ0) is 20.9. The van der Waals surface area contributed by atoms with Gasteiger partial charge in [-0.1, -0.05) is 60.2 Å². The van der Waals surface area contributed by atoms with E-state index in [-0.39, 0.29) is 0 Å². The van der Waals surface area contributed by atoms with Crippen molar-refractivity contribution in [2.75, 3.05) is 4.90 Å². The van der Waals surface area contributed by atoms with Gasteiger partial charge in [-0.25, -0.2) is 0 Å². The summed E-state index contributed by atoms with van der Waals surface area (Å²) >= 11 is 0. The molecule has 0 spiro atoms. The van der Waals surface area contributed by atoms with E-state index >= 15 is 0 Å². The molecular formula is C29H23NO. The van der Waals surface area contributed by atoms with Gasteiger partial charge in [0.05, 0.1) is 11.4 Å². The molecule has 2 aliphatic rings. The van der Waals surface area contributed by atoms with Gasteiger partial charge in [0, 0.05) is 5.69 Å². The lowest BCUT2D eigenvalue weighted by Gasteiger charge is -2.33. The van der Waals surface area contributed by atoms with Gasteiger partial charge in [-0.2, -0.15) is 0 Å². The lowest BCUT2D eigenvalue weighted by atomic mass is 9.97. The number of para-hydroxylation sites is 4. The van der Waals surface area contributed by atoms with Crippen molar-refractivity contribution in [2.45, 2.75) is 20.3 Å². The fraction of sp³-hybridized carbons (Fsp3) is 0.103. The van der Waals surface area contributed by atoms with Gasteiger partial charge in [0.2, 0.25) is 0 Å². The summed E-state index contributed by atoms with van der Waals surface area (Å²) in [6.45, 7) is 4.36. The molecule has 1 aliphatic carbocycles. The van der Waals surface area contributed by atoms with Gasteiger partial charge in [-0.3, -0.25) is 0 Å². The Labute approximate surface area is 183 Å². The maximum atomic E-state index is 6.17. The van der Waals surface area contributed by atoms with Crippen LogP contribution in [0.2, 0.25) is 0 Å². The molecule has 31 heavy (non-hydrogen) atoms. The normalized spacial score (nSPS) is 13.7. The Hall–Kier alpha value is -3.78. The summed E-state index contributed by atoms with van der Waals surface area (Å²) in [6.07, 6.45) is 3.30. The predicted molar refractivity (Wildman–Crippen MR) is 129 cm³/mol. The largest absolute Gasteiger partial charge is 0.453 e. The number of hydrogen-bond acceptors (Lipinski definition) is 2. The molecule has 0 bridgehead atoms. The van der Waals surface area contributed by atoms with Crippen LogP contribution in [-0.2, 0) is 6.42 Å². The number of nitrogens with zero attached hydrogens (tertiary/aromatic N) is 1. The number of fused-ring (bicyclic) bond motifs is 3. The van der Waals surface area contributed by atoms with Crippen LogP contribution in [0.1, 0.15) is 27.8 Å². The van der Waals surface area contributed by atoms with Crippen LogP contribution in [0.5, 0.6) is 11.5 Å². The third-order valence-electron chi connectivity index (χ3n) is 6.26. The van der Waals surface area contributed by atoms with Crippen LogP contribution < -0.4 is 9.64 Å². The molecule has 0 saturated carbocycles. The van der Waals surface area contributed by atoms with E-state index in [4.69, 9.17) is 4.74 Å². The number of rotatable bonds is 2. The summed E-state index contributed by atoms with van der Waals surface area (Å²) in [5.74, 6) is 1.77. The topological polar surface area (TPSA) is 12.5 Å². The Bertz CT molecular complexity index is 1320. The highest BCUT2D eigenvalue weighted by Gasteiger charge is 2.26. The number of allylic oxidation sites excluding steroid dienone is 1. The monoisotopic (exact) mass is 401 g/mol. The zero-order valence-corrected chi connectivity index (χ0v) is 17.7. The molecule has 0 saturated heterocycles. The highest BCUT2D eigenvalue weighted by molar-refractivity contribution is 5.92. The summed E-state index contributed by atoms with van der Waals surface area (Å²) < 4.78 is 6.17. The van der Waals surface area contributed by atoms with Crippen LogP contribution in [0.15, 0.2) is 84.9 Å². The first-order valence-electron chi connectivity index (χ1n) is 10.7. The van der Waals surface area contributed by atoms with Crippen LogP contribution in [-0.4, -0.2) is 0 Å². The SMILES string of the molecule is Cc1ccc(C2=Cc3ccc(N4c5ccccc5Oc5ccccc54)cc3C2)c(C)c1. The molecule has 0 unspecified atom stereocenters. The summed E-state index contributed by atoms with van der Waals surface area (Å²) in [7, 11) is 0. The number of aryl methyl sites for hydroxylation is 2. The molecular weight excluding hydrogens is 378 g/mol. The van der Waals surface area contributed by atoms with Gasteiger partial charge in [-0.15, -0.1) is 0 Å². The minimum absolute atomic E-state index is 0.885. The second kappa shape index (κ2) is 6.88. The third-order valence-corrected chi connectivity index (χ3v) is 6.26. The Morgan fingerprint density at radius 1 is 0.742 bits per heavy atom. The minimum atomic E-state index is 0.885. The van der Waals surface area contributed by atoms with Crippen molar-refractivity contribution >= 4 is 28.7 Å². The first-order chi connectivity index (χ1) is 15.2. The van der Waals surface area contributed by atoms with Crippen molar-refractivity contribution in [3.63, 3.8) is 0 Å². The van der Waals surface area contributed by atoms with E-state index in [9.17, 15) is 0 Å². The van der Waals surface area contributed by atoms with Crippen LogP contribution in [0, 0.1) is 13.8 Å². The first-order valence-corrected chi connectivity index (χ1v) is 10.7. The van der Waals surface area contributed by atoms with Gasteiger partial charge >= 0.3 is 0 Å². The maximum absolute atomic E-state index is 6.17. The van der Waals surface area contributed by atoms with E-state index in [0.717, 1.165) is 35.0 Å². The highest BCUT2D eigenvalue weighted by atomic mass is 16.5. The minimum Gasteiger partial charge on any atom is -0.453 e. The summed E-state index contributed by atoms with van der Waals surface area (Å²) in [5.41, 5.74) is 11.4. The maximum Gasteiger partial charge on any atom is 0.151 e. The molecule has 2 heteroatoms. The van der Waals surface area contributed by atoms with Crippen molar-refractivity contribution in [1.82, 2.24) is 0 Å². The number of benzene rings is 4. The molecule has 2 nitrogen and oxygen atoms in total. The molecule has 1 heterocycles. The molecule has 0 radical (unpaired) electrons. The summed E-state index contributed by atoms with van der Waals surface area (Å²) in [5, 5.41) is 0.